The Bertz CT molecular complexity index is 416. The summed E-state index contributed by atoms with van der Waals surface area (Å²) in [6, 6.07) is 0.298. The van der Waals surface area contributed by atoms with Crippen LogP contribution in [0.15, 0.2) is 10.6 Å². The lowest BCUT2D eigenvalue weighted by Crippen LogP contribution is -2.45. The van der Waals surface area contributed by atoms with Crippen molar-refractivity contribution in [2.75, 3.05) is 0 Å². The molecule has 7 nitrogen and oxygen atoms in total. The van der Waals surface area contributed by atoms with Crippen molar-refractivity contribution in [1.29, 1.82) is 0 Å². The number of hydrogen-bond donors (Lipinski definition) is 3. The van der Waals surface area contributed by atoms with Gasteiger partial charge in [-0.15, -0.1) is 0 Å². The van der Waals surface area contributed by atoms with E-state index >= 15 is 0 Å². The minimum absolute atomic E-state index is 0.196. The van der Waals surface area contributed by atoms with Crippen molar-refractivity contribution >= 4 is 12.0 Å². The molecule has 0 bridgehead atoms. The van der Waals surface area contributed by atoms with Gasteiger partial charge in [0.15, 0.2) is 0 Å². The second kappa shape index (κ2) is 6.63. The molecule has 0 saturated carbocycles. The molecule has 1 unspecified atom stereocenters. The van der Waals surface area contributed by atoms with Gasteiger partial charge in [0.2, 0.25) is 0 Å². The Hall–Kier alpha value is -2.05. The SMILES string of the molecule is CCCC(NC(=O)NCc1cc(C)on1)C(=O)O. The van der Waals surface area contributed by atoms with E-state index in [1.165, 1.54) is 0 Å². The minimum atomic E-state index is -1.04. The zero-order valence-electron chi connectivity index (χ0n) is 10.4. The lowest BCUT2D eigenvalue weighted by molar-refractivity contribution is -0.139. The average Bonchev–Trinajstić information content (AvgIpc) is 2.72. The van der Waals surface area contributed by atoms with E-state index in [0.717, 1.165) is 0 Å². The maximum absolute atomic E-state index is 11.5. The number of carbonyl (C=O) groups excluding carboxylic acids is 1. The number of hydrogen-bond acceptors (Lipinski definition) is 4. The van der Waals surface area contributed by atoms with Gasteiger partial charge in [0, 0.05) is 6.07 Å². The number of rotatable bonds is 6. The van der Waals surface area contributed by atoms with Crippen LogP contribution in [0, 0.1) is 6.92 Å². The Balaban J connectivity index is 2.38. The second-order valence-electron chi connectivity index (χ2n) is 3.94. The van der Waals surface area contributed by atoms with Crippen LogP contribution in [-0.2, 0) is 11.3 Å². The number of carboxylic acids is 1. The predicted molar refractivity (Wildman–Crippen MR) is 62.9 cm³/mol. The largest absolute Gasteiger partial charge is 0.480 e. The van der Waals surface area contributed by atoms with Crippen LogP contribution in [0.25, 0.3) is 0 Å². The Morgan fingerprint density at radius 2 is 2.28 bits per heavy atom. The number of aryl methyl sites for hydroxylation is 1. The van der Waals surface area contributed by atoms with Gasteiger partial charge in [0.25, 0.3) is 0 Å². The van der Waals surface area contributed by atoms with E-state index in [9.17, 15) is 9.59 Å². The Morgan fingerprint density at radius 1 is 1.56 bits per heavy atom. The maximum atomic E-state index is 11.5. The van der Waals surface area contributed by atoms with E-state index in [2.05, 4.69) is 15.8 Å². The summed E-state index contributed by atoms with van der Waals surface area (Å²) in [6.07, 6.45) is 1.07. The highest BCUT2D eigenvalue weighted by Crippen LogP contribution is 2.01. The number of carbonyl (C=O) groups is 2. The van der Waals surface area contributed by atoms with Gasteiger partial charge < -0.3 is 20.3 Å². The van der Waals surface area contributed by atoms with E-state index in [0.29, 0.717) is 24.3 Å². The predicted octanol–water partition coefficient (Wildman–Crippen LogP) is 1.04. The first-order chi connectivity index (χ1) is 8.52. The second-order valence-corrected chi connectivity index (χ2v) is 3.94. The van der Waals surface area contributed by atoms with Gasteiger partial charge in [-0.3, -0.25) is 0 Å². The number of amides is 2. The molecule has 0 spiro atoms. The first-order valence-corrected chi connectivity index (χ1v) is 5.72. The molecule has 1 aromatic heterocycles. The Morgan fingerprint density at radius 3 is 2.78 bits per heavy atom. The molecule has 0 radical (unpaired) electrons. The monoisotopic (exact) mass is 255 g/mol. The number of aliphatic carboxylic acids is 1. The first kappa shape index (κ1) is 14.0. The quantitative estimate of drug-likeness (QED) is 0.704. The maximum Gasteiger partial charge on any atom is 0.326 e. The molecule has 0 saturated heterocycles. The van der Waals surface area contributed by atoms with Gasteiger partial charge in [-0.1, -0.05) is 18.5 Å². The third-order valence-electron chi connectivity index (χ3n) is 2.29. The number of aromatic nitrogens is 1. The molecule has 7 heteroatoms. The Kier molecular flexibility index (Phi) is 5.16. The molecule has 18 heavy (non-hydrogen) atoms. The normalized spacial score (nSPS) is 11.9. The fraction of sp³-hybridized carbons (Fsp3) is 0.545. The zero-order valence-corrected chi connectivity index (χ0v) is 10.4. The highest BCUT2D eigenvalue weighted by atomic mass is 16.5. The number of carboxylic acid groups (broad SMARTS) is 1. The van der Waals surface area contributed by atoms with Crippen molar-refractivity contribution in [2.24, 2.45) is 0 Å². The van der Waals surface area contributed by atoms with Crippen LogP contribution < -0.4 is 10.6 Å². The number of nitrogens with one attached hydrogen (secondary N) is 2. The smallest absolute Gasteiger partial charge is 0.326 e. The topological polar surface area (TPSA) is 104 Å². The number of nitrogens with zero attached hydrogens (tertiary/aromatic N) is 1. The molecule has 1 atom stereocenters. The fourth-order valence-electron chi connectivity index (χ4n) is 1.43. The van der Waals surface area contributed by atoms with Gasteiger partial charge in [-0.05, 0) is 13.3 Å². The van der Waals surface area contributed by atoms with Gasteiger partial charge in [0.1, 0.15) is 17.5 Å². The standard InChI is InChI=1S/C11H17N3O4/c1-3-4-9(10(15)16)13-11(17)12-6-8-5-7(2)18-14-8/h5,9H,3-4,6H2,1-2H3,(H,15,16)(H2,12,13,17). The summed E-state index contributed by atoms with van der Waals surface area (Å²) in [5.74, 6) is -0.383. The van der Waals surface area contributed by atoms with Crippen molar-refractivity contribution in [3.8, 4) is 0 Å². The van der Waals surface area contributed by atoms with Crippen LogP contribution >= 0.6 is 0 Å². The molecule has 0 aliphatic heterocycles. The van der Waals surface area contributed by atoms with Crippen LogP contribution in [0.4, 0.5) is 4.79 Å². The lowest BCUT2D eigenvalue weighted by atomic mass is 10.2. The van der Waals surface area contributed by atoms with Crippen molar-refractivity contribution in [3.63, 3.8) is 0 Å². The molecule has 2 amide bonds. The molecule has 1 rings (SSSR count). The first-order valence-electron chi connectivity index (χ1n) is 5.72. The average molecular weight is 255 g/mol. The molecule has 0 fully saturated rings. The van der Waals surface area contributed by atoms with Crippen LogP contribution in [0.3, 0.4) is 0 Å². The molecular weight excluding hydrogens is 238 g/mol. The fourth-order valence-corrected chi connectivity index (χ4v) is 1.43. The van der Waals surface area contributed by atoms with Gasteiger partial charge in [-0.2, -0.15) is 0 Å². The molecule has 0 aliphatic rings. The minimum Gasteiger partial charge on any atom is -0.480 e. The van der Waals surface area contributed by atoms with Crippen molar-refractivity contribution in [2.45, 2.75) is 39.3 Å². The molecule has 3 N–H and O–H groups in total. The number of urea groups is 1. The summed E-state index contributed by atoms with van der Waals surface area (Å²) < 4.78 is 4.84. The zero-order chi connectivity index (χ0) is 13.5. The summed E-state index contributed by atoms with van der Waals surface area (Å²) >= 11 is 0. The highest BCUT2D eigenvalue weighted by Gasteiger charge is 2.18. The summed E-state index contributed by atoms with van der Waals surface area (Å²) in [4.78, 5) is 22.3. The molecule has 100 valence electrons. The summed E-state index contributed by atoms with van der Waals surface area (Å²) in [7, 11) is 0. The van der Waals surface area contributed by atoms with E-state index in [4.69, 9.17) is 9.63 Å². The van der Waals surface area contributed by atoms with Crippen molar-refractivity contribution < 1.29 is 19.2 Å². The third-order valence-corrected chi connectivity index (χ3v) is 2.29. The Labute approximate surface area is 105 Å². The van der Waals surface area contributed by atoms with Gasteiger partial charge in [-0.25, -0.2) is 9.59 Å². The van der Waals surface area contributed by atoms with Crippen molar-refractivity contribution in [1.82, 2.24) is 15.8 Å². The lowest BCUT2D eigenvalue weighted by Gasteiger charge is -2.13. The van der Waals surface area contributed by atoms with Crippen molar-refractivity contribution in [3.05, 3.63) is 17.5 Å². The van der Waals surface area contributed by atoms with Gasteiger partial charge >= 0.3 is 12.0 Å². The molecule has 0 aliphatic carbocycles. The summed E-state index contributed by atoms with van der Waals surface area (Å²) in [6.45, 7) is 3.80. The summed E-state index contributed by atoms with van der Waals surface area (Å²) in [5.41, 5.74) is 0.588. The van der Waals surface area contributed by atoms with Gasteiger partial charge in [0.05, 0.1) is 6.54 Å². The van der Waals surface area contributed by atoms with E-state index in [-0.39, 0.29) is 6.54 Å². The molecular formula is C11H17N3O4. The van der Waals surface area contributed by atoms with Crippen LogP contribution in [0.5, 0.6) is 0 Å². The third kappa shape index (κ3) is 4.44. The van der Waals surface area contributed by atoms with Crippen LogP contribution in [0.1, 0.15) is 31.2 Å². The van der Waals surface area contributed by atoms with E-state index in [1.54, 1.807) is 13.0 Å². The van der Waals surface area contributed by atoms with E-state index < -0.39 is 18.0 Å². The van der Waals surface area contributed by atoms with Crippen LogP contribution in [0.2, 0.25) is 0 Å². The van der Waals surface area contributed by atoms with Crippen LogP contribution in [-0.4, -0.2) is 28.3 Å². The molecule has 1 heterocycles. The van der Waals surface area contributed by atoms with E-state index in [1.807, 2.05) is 6.92 Å². The highest BCUT2D eigenvalue weighted by molar-refractivity contribution is 5.82. The molecule has 0 aromatic carbocycles. The molecule has 1 aromatic rings. The summed E-state index contributed by atoms with van der Waals surface area (Å²) in [5, 5.41) is 17.5.